The summed E-state index contributed by atoms with van der Waals surface area (Å²) in [6, 6.07) is 12.1. The van der Waals surface area contributed by atoms with E-state index in [0.717, 1.165) is 10.2 Å². The molecule has 0 radical (unpaired) electrons. The van der Waals surface area contributed by atoms with Crippen molar-refractivity contribution in [2.24, 2.45) is 10.2 Å². The largest absolute Gasteiger partial charge is 0.482 e. The van der Waals surface area contributed by atoms with E-state index < -0.39 is 5.91 Å². The fourth-order valence-electron chi connectivity index (χ4n) is 1.68. The standard InChI is InChI=1S/C17H14BrCl3N4O2/c1-10(17(21)25-23-13-5-2-11(18)3-6-13)22-24-16(26)9-27-15-7-4-12(19)8-14(15)20/h2-8,23H,9H2,1H3,(H,24,26)/b22-10-,25-17+. The highest BCUT2D eigenvalue weighted by molar-refractivity contribution is 9.10. The molecular weight excluding hydrogens is 478 g/mol. The molecule has 0 heterocycles. The summed E-state index contributed by atoms with van der Waals surface area (Å²) in [5.41, 5.74) is 6.18. The molecule has 2 aromatic rings. The highest BCUT2D eigenvalue weighted by Gasteiger charge is 2.07. The summed E-state index contributed by atoms with van der Waals surface area (Å²) in [6.45, 7) is 1.33. The lowest BCUT2D eigenvalue weighted by Gasteiger charge is -2.07. The number of ether oxygens (including phenoxy) is 1. The number of carbonyl (C=O) groups is 1. The summed E-state index contributed by atoms with van der Waals surface area (Å²) in [4.78, 5) is 11.8. The van der Waals surface area contributed by atoms with E-state index in [1.165, 1.54) is 6.07 Å². The van der Waals surface area contributed by atoms with Gasteiger partial charge >= 0.3 is 0 Å². The Morgan fingerprint density at radius 2 is 1.85 bits per heavy atom. The second-order valence-electron chi connectivity index (χ2n) is 5.12. The number of hydrazone groups is 2. The lowest BCUT2D eigenvalue weighted by Crippen LogP contribution is -2.26. The molecule has 0 aliphatic heterocycles. The number of hydrogen-bond donors (Lipinski definition) is 2. The first kappa shape index (κ1) is 21.5. The summed E-state index contributed by atoms with van der Waals surface area (Å²) in [5, 5.41) is 8.74. The van der Waals surface area contributed by atoms with Crippen LogP contribution in [0, 0.1) is 0 Å². The molecule has 0 saturated carbocycles. The van der Waals surface area contributed by atoms with E-state index in [1.807, 2.05) is 24.3 Å². The van der Waals surface area contributed by atoms with Gasteiger partial charge in [0.05, 0.1) is 16.4 Å². The van der Waals surface area contributed by atoms with Crippen molar-refractivity contribution in [3.8, 4) is 5.75 Å². The van der Waals surface area contributed by atoms with Crippen LogP contribution < -0.4 is 15.6 Å². The molecule has 0 atom stereocenters. The molecule has 0 saturated heterocycles. The summed E-state index contributed by atoms with van der Waals surface area (Å²) in [6.07, 6.45) is 0. The third-order valence-corrected chi connectivity index (χ3v) is 4.44. The number of benzene rings is 2. The first-order valence-corrected chi connectivity index (χ1v) is 9.44. The zero-order chi connectivity index (χ0) is 19.8. The number of nitrogens with zero attached hydrogens (tertiary/aromatic N) is 2. The van der Waals surface area contributed by atoms with Crippen molar-refractivity contribution in [1.82, 2.24) is 5.43 Å². The van der Waals surface area contributed by atoms with Crippen molar-refractivity contribution in [3.63, 3.8) is 0 Å². The second kappa shape index (κ2) is 10.5. The van der Waals surface area contributed by atoms with Gasteiger partial charge in [-0.3, -0.25) is 10.2 Å². The smallest absolute Gasteiger partial charge is 0.277 e. The zero-order valence-corrected chi connectivity index (χ0v) is 17.8. The van der Waals surface area contributed by atoms with Crippen molar-refractivity contribution >= 4 is 73.2 Å². The van der Waals surface area contributed by atoms with E-state index in [1.54, 1.807) is 19.1 Å². The van der Waals surface area contributed by atoms with Crippen LogP contribution in [0.25, 0.3) is 0 Å². The lowest BCUT2D eigenvalue weighted by atomic mass is 10.3. The minimum atomic E-state index is -0.481. The molecule has 2 aromatic carbocycles. The maximum atomic E-state index is 11.8. The number of carbonyl (C=O) groups excluding carboxylic acids is 1. The average Bonchev–Trinajstić information content (AvgIpc) is 2.64. The fourth-order valence-corrected chi connectivity index (χ4v) is 2.49. The predicted molar refractivity (Wildman–Crippen MR) is 114 cm³/mol. The Balaban J connectivity index is 1.84. The van der Waals surface area contributed by atoms with Crippen LogP contribution in [0.15, 0.2) is 57.1 Å². The van der Waals surface area contributed by atoms with E-state index in [-0.39, 0.29) is 11.8 Å². The van der Waals surface area contributed by atoms with Crippen LogP contribution in [0.5, 0.6) is 5.75 Å². The minimum absolute atomic E-state index is 0.0971. The van der Waals surface area contributed by atoms with Crippen molar-refractivity contribution in [3.05, 3.63) is 57.0 Å². The molecular formula is C17H14BrCl3N4O2. The van der Waals surface area contributed by atoms with Crippen LogP contribution >= 0.6 is 50.7 Å². The molecule has 0 aliphatic carbocycles. The molecule has 6 nitrogen and oxygen atoms in total. The maximum absolute atomic E-state index is 11.8. The highest BCUT2D eigenvalue weighted by Crippen LogP contribution is 2.27. The lowest BCUT2D eigenvalue weighted by molar-refractivity contribution is -0.123. The van der Waals surface area contributed by atoms with Crippen LogP contribution in [0.4, 0.5) is 5.69 Å². The highest BCUT2D eigenvalue weighted by atomic mass is 79.9. The van der Waals surface area contributed by atoms with Crippen molar-refractivity contribution < 1.29 is 9.53 Å². The number of hydrogen-bond acceptors (Lipinski definition) is 5. The fraction of sp³-hybridized carbons (Fsp3) is 0.118. The number of rotatable bonds is 7. The van der Waals surface area contributed by atoms with Gasteiger partial charge in [0.1, 0.15) is 5.75 Å². The van der Waals surface area contributed by atoms with E-state index in [9.17, 15) is 4.79 Å². The molecule has 2 N–H and O–H groups in total. The molecule has 10 heteroatoms. The summed E-state index contributed by atoms with van der Waals surface area (Å²) in [7, 11) is 0. The molecule has 0 unspecified atom stereocenters. The Kier molecular flexibility index (Phi) is 8.37. The van der Waals surface area contributed by atoms with Crippen LogP contribution in [-0.4, -0.2) is 23.4 Å². The quantitative estimate of drug-likeness (QED) is 0.407. The van der Waals surface area contributed by atoms with E-state index in [4.69, 9.17) is 39.5 Å². The van der Waals surface area contributed by atoms with Crippen molar-refractivity contribution in [2.75, 3.05) is 12.0 Å². The topological polar surface area (TPSA) is 75.1 Å². The Morgan fingerprint density at radius 3 is 2.52 bits per heavy atom. The number of halogens is 4. The van der Waals surface area contributed by atoms with Gasteiger partial charge in [-0.15, -0.1) is 0 Å². The summed E-state index contributed by atoms with van der Waals surface area (Å²) < 4.78 is 6.26. The zero-order valence-electron chi connectivity index (χ0n) is 14.0. The summed E-state index contributed by atoms with van der Waals surface area (Å²) >= 11 is 21.1. The first-order chi connectivity index (χ1) is 12.8. The van der Waals surface area contributed by atoms with E-state index >= 15 is 0 Å². The van der Waals surface area contributed by atoms with Gasteiger partial charge in [0, 0.05) is 9.50 Å². The molecule has 0 bridgehead atoms. The normalized spacial score (nSPS) is 11.9. The van der Waals surface area contributed by atoms with Gasteiger partial charge in [-0.2, -0.15) is 10.2 Å². The molecule has 0 aromatic heterocycles. The molecule has 0 aliphatic rings. The molecule has 2 rings (SSSR count). The van der Waals surface area contributed by atoms with Gasteiger partial charge in [0.25, 0.3) is 5.91 Å². The molecule has 27 heavy (non-hydrogen) atoms. The Morgan fingerprint density at radius 1 is 1.15 bits per heavy atom. The Bertz CT molecular complexity index is 873. The maximum Gasteiger partial charge on any atom is 0.277 e. The monoisotopic (exact) mass is 490 g/mol. The Labute approximate surface area is 179 Å². The van der Waals surface area contributed by atoms with Gasteiger partial charge in [-0.1, -0.05) is 50.7 Å². The van der Waals surface area contributed by atoms with E-state index in [2.05, 4.69) is 37.0 Å². The van der Waals surface area contributed by atoms with Crippen LogP contribution in [0.3, 0.4) is 0 Å². The second-order valence-corrected chi connectivity index (χ2v) is 7.23. The number of anilines is 1. The molecule has 0 fully saturated rings. The average molecular weight is 493 g/mol. The predicted octanol–water partition coefficient (Wildman–Crippen LogP) is 5.29. The van der Waals surface area contributed by atoms with E-state index in [0.29, 0.717) is 21.5 Å². The van der Waals surface area contributed by atoms with Crippen molar-refractivity contribution in [1.29, 1.82) is 0 Å². The van der Waals surface area contributed by atoms with Gasteiger partial charge in [-0.05, 0) is 49.4 Å². The first-order valence-electron chi connectivity index (χ1n) is 7.51. The van der Waals surface area contributed by atoms with Gasteiger partial charge in [0.15, 0.2) is 11.8 Å². The van der Waals surface area contributed by atoms with Crippen LogP contribution in [-0.2, 0) is 4.79 Å². The molecule has 0 spiro atoms. The number of nitrogens with one attached hydrogen (secondary N) is 2. The third kappa shape index (κ3) is 7.38. The van der Waals surface area contributed by atoms with Gasteiger partial charge < -0.3 is 4.74 Å². The molecule has 142 valence electrons. The Hall–Kier alpha value is -1.80. The van der Waals surface area contributed by atoms with Crippen LogP contribution in [0.1, 0.15) is 6.92 Å². The summed E-state index contributed by atoms with van der Waals surface area (Å²) in [5.74, 6) is -0.138. The SMILES string of the molecule is CC(=N/NC(=O)COc1ccc(Cl)cc1Cl)/C(Cl)=N\Nc1ccc(Br)cc1. The van der Waals surface area contributed by atoms with Crippen LogP contribution in [0.2, 0.25) is 10.0 Å². The molecule has 1 amide bonds. The van der Waals surface area contributed by atoms with Crippen molar-refractivity contribution in [2.45, 2.75) is 6.92 Å². The number of amides is 1. The van der Waals surface area contributed by atoms with Gasteiger partial charge in [-0.25, -0.2) is 5.43 Å². The minimum Gasteiger partial charge on any atom is -0.482 e. The third-order valence-electron chi connectivity index (χ3n) is 3.03. The van der Waals surface area contributed by atoms with Gasteiger partial charge in [0.2, 0.25) is 0 Å².